The highest BCUT2D eigenvalue weighted by Gasteiger charge is 2.19. The zero-order valence-corrected chi connectivity index (χ0v) is 17.4. The van der Waals surface area contributed by atoms with E-state index in [1.165, 1.54) is 23.8 Å². The largest absolute Gasteiger partial charge is 0.508 e. The van der Waals surface area contributed by atoms with E-state index in [9.17, 15) is 13.9 Å². The number of benzene rings is 2. The van der Waals surface area contributed by atoms with E-state index >= 15 is 0 Å². The van der Waals surface area contributed by atoms with Crippen LogP contribution in [0.3, 0.4) is 0 Å². The van der Waals surface area contributed by atoms with E-state index in [4.69, 9.17) is 16.3 Å². The van der Waals surface area contributed by atoms with Gasteiger partial charge in [-0.25, -0.2) is 23.3 Å². The summed E-state index contributed by atoms with van der Waals surface area (Å²) in [5, 5.41) is 17.2. The third-order valence-corrected chi connectivity index (χ3v) is 5.01. The molecule has 0 bridgehead atoms. The van der Waals surface area contributed by atoms with E-state index < -0.39 is 11.6 Å². The van der Waals surface area contributed by atoms with Crippen molar-refractivity contribution in [3.05, 3.63) is 65.1 Å². The van der Waals surface area contributed by atoms with Gasteiger partial charge < -0.3 is 15.2 Å². The maximum absolute atomic E-state index is 14.5. The SMILES string of the molecule is COc1cc(O)ccc1CNc1nc(-c2cc(F)ccc2F)c(C)n2nc(CCl)nc12. The van der Waals surface area contributed by atoms with Crippen LogP contribution in [-0.4, -0.2) is 31.8 Å². The molecule has 4 aromatic rings. The molecule has 0 unspecified atom stereocenters. The summed E-state index contributed by atoms with van der Waals surface area (Å²) in [5.41, 5.74) is 1.85. The molecule has 0 saturated heterocycles. The number of ether oxygens (including phenoxy) is 1. The minimum atomic E-state index is -0.611. The Kier molecular flexibility index (Phi) is 5.60. The first-order valence-electron chi connectivity index (χ1n) is 9.28. The highest BCUT2D eigenvalue weighted by Crippen LogP contribution is 2.30. The van der Waals surface area contributed by atoms with Crippen molar-refractivity contribution in [2.24, 2.45) is 0 Å². The molecule has 0 spiro atoms. The number of aromatic nitrogens is 4. The Bertz CT molecular complexity index is 1280. The number of nitrogens with zero attached hydrogens (tertiary/aromatic N) is 4. The Morgan fingerprint density at radius 2 is 1.97 bits per heavy atom. The molecule has 2 N–H and O–H groups in total. The fourth-order valence-electron chi connectivity index (χ4n) is 3.25. The van der Waals surface area contributed by atoms with Gasteiger partial charge in [0.25, 0.3) is 0 Å². The zero-order chi connectivity index (χ0) is 22.1. The van der Waals surface area contributed by atoms with Crippen molar-refractivity contribution < 1.29 is 18.6 Å². The third kappa shape index (κ3) is 3.96. The van der Waals surface area contributed by atoms with Gasteiger partial charge in [0, 0.05) is 23.7 Å². The number of hydrogen-bond acceptors (Lipinski definition) is 6. The summed E-state index contributed by atoms with van der Waals surface area (Å²) in [4.78, 5) is 8.93. The monoisotopic (exact) mass is 445 g/mol. The number of rotatable bonds is 6. The molecular weight excluding hydrogens is 428 g/mol. The molecule has 10 heteroatoms. The molecule has 7 nitrogen and oxygen atoms in total. The van der Waals surface area contributed by atoms with Crippen LogP contribution in [0.5, 0.6) is 11.5 Å². The maximum atomic E-state index is 14.5. The van der Waals surface area contributed by atoms with Crippen LogP contribution in [-0.2, 0) is 12.4 Å². The lowest BCUT2D eigenvalue weighted by Crippen LogP contribution is -2.09. The first-order chi connectivity index (χ1) is 14.9. The number of fused-ring (bicyclic) bond motifs is 1. The Balaban J connectivity index is 1.83. The first-order valence-corrected chi connectivity index (χ1v) is 9.82. The predicted molar refractivity (Wildman–Crippen MR) is 112 cm³/mol. The van der Waals surface area contributed by atoms with Crippen molar-refractivity contribution in [3.8, 4) is 22.8 Å². The van der Waals surface area contributed by atoms with Gasteiger partial charge in [0.2, 0.25) is 0 Å². The number of aryl methyl sites for hydroxylation is 1. The molecule has 0 saturated carbocycles. The molecule has 0 aliphatic carbocycles. The Morgan fingerprint density at radius 1 is 1.16 bits per heavy atom. The summed E-state index contributed by atoms with van der Waals surface area (Å²) >= 11 is 5.90. The average Bonchev–Trinajstić information content (AvgIpc) is 3.21. The number of halogens is 3. The minimum absolute atomic E-state index is 0.00703. The van der Waals surface area contributed by atoms with Gasteiger partial charge >= 0.3 is 0 Å². The second-order valence-corrected chi connectivity index (χ2v) is 7.03. The maximum Gasteiger partial charge on any atom is 0.198 e. The highest BCUT2D eigenvalue weighted by molar-refractivity contribution is 6.16. The predicted octanol–water partition coefficient (Wildman–Crippen LogP) is 4.44. The first kappa shape index (κ1) is 20.8. The summed E-state index contributed by atoms with van der Waals surface area (Å²) in [7, 11) is 1.50. The summed E-state index contributed by atoms with van der Waals surface area (Å²) in [6, 6.07) is 7.91. The average molecular weight is 446 g/mol. The fraction of sp³-hybridized carbons (Fsp3) is 0.190. The molecule has 0 atom stereocenters. The van der Waals surface area contributed by atoms with Crippen molar-refractivity contribution in [1.29, 1.82) is 0 Å². The van der Waals surface area contributed by atoms with E-state index in [2.05, 4.69) is 20.4 Å². The number of alkyl halides is 1. The zero-order valence-electron chi connectivity index (χ0n) is 16.7. The van der Waals surface area contributed by atoms with Crippen molar-refractivity contribution in [2.45, 2.75) is 19.3 Å². The van der Waals surface area contributed by atoms with Crippen molar-refractivity contribution in [3.63, 3.8) is 0 Å². The lowest BCUT2D eigenvalue weighted by molar-refractivity contribution is 0.403. The Morgan fingerprint density at radius 3 is 2.71 bits per heavy atom. The normalized spacial score (nSPS) is 11.1. The summed E-state index contributed by atoms with van der Waals surface area (Å²) in [5.74, 6) is 0.119. The van der Waals surface area contributed by atoms with Gasteiger partial charge in [-0.05, 0) is 37.3 Å². The number of methoxy groups -OCH3 is 1. The van der Waals surface area contributed by atoms with E-state index in [0.717, 1.165) is 23.8 Å². The van der Waals surface area contributed by atoms with Crippen LogP contribution in [0.1, 0.15) is 17.1 Å². The Hall–Kier alpha value is -3.46. The van der Waals surface area contributed by atoms with Crippen LogP contribution < -0.4 is 10.1 Å². The van der Waals surface area contributed by atoms with E-state index in [1.54, 1.807) is 13.0 Å². The fourth-order valence-corrected chi connectivity index (χ4v) is 3.37. The second kappa shape index (κ2) is 8.35. The lowest BCUT2D eigenvalue weighted by atomic mass is 10.1. The van der Waals surface area contributed by atoms with E-state index in [-0.39, 0.29) is 29.4 Å². The van der Waals surface area contributed by atoms with Crippen molar-refractivity contribution in [1.82, 2.24) is 19.6 Å². The number of anilines is 1. The van der Waals surface area contributed by atoms with E-state index in [1.807, 2.05) is 0 Å². The summed E-state index contributed by atoms with van der Waals surface area (Å²) in [6.45, 7) is 1.96. The smallest absolute Gasteiger partial charge is 0.198 e. The van der Waals surface area contributed by atoms with Crippen LogP contribution in [0.25, 0.3) is 16.9 Å². The summed E-state index contributed by atoms with van der Waals surface area (Å²) in [6.07, 6.45) is 0. The minimum Gasteiger partial charge on any atom is -0.508 e. The molecule has 160 valence electrons. The molecule has 0 amide bonds. The molecule has 0 aliphatic heterocycles. The van der Waals surface area contributed by atoms with Crippen LogP contribution >= 0.6 is 11.6 Å². The molecule has 31 heavy (non-hydrogen) atoms. The van der Waals surface area contributed by atoms with Gasteiger partial charge in [0.05, 0.1) is 24.4 Å². The molecule has 2 aromatic carbocycles. The van der Waals surface area contributed by atoms with Gasteiger partial charge in [0.1, 0.15) is 23.1 Å². The molecule has 2 heterocycles. The molecule has 0 radical (unpaired) electrons. The highest BCUT2D eigenvalue weighted by atomic mass is 35.5. The number of hydrogen-bond donors (Lipinski definition) is 2. The van der Waals surface area contributed by atoms with Crippen molar-refractivity contribution in [2.75, 3.05) is 12.4 Å². The van der Waals surface area contributed by atoms with Crippen LogP contribution in [0, 0.1) is 18.6 Å². The Labute approximate surface area is 181 Å². The number of aromatic hydroxyl groups is 1. The molecule has 2 aromatic heterocycles. The van der Waals surface area contributed by atoms with Gasteiger partial charge in [-0.3, -0.25) is 0 Å². The van der Waals surface area contributed by atoms with E-state index in [0.29, 0.717) is 28.7 Å². The molecule has 0 fully saturated rings. The van der Waals surface area contributed by atoms with Gasteiger partial charge in [-0.1, -0.05) is 0 Å². The van der Waals surface area contributed by atoms with Crippen LogP contribution in [0.4, 0.5) is 14.6 Å². The van der Waals surface area contributed by atoms with Crippen LogP contribution in [0.2, 0.25) is 0 Å². The topological polar surface area (TPSA) is 84.6 Å². The molecule has 0 aliphatic rings. The van der Waals surface area contributed by atoms with Crippen molar-refractivity contribution >= 4 is 23.1 Å². The summed E-state index contributed by atoms with van der Waals surface area (Å²) < 4.78 is 35.1. The molecular formula is C21H18ClF2N5O2. The van der Waals surface area contributed by atoms with Gasteiger partial charge in [-0.2, -0.15) is 0 Å². The number of nitrogens with one attached hydrogen (secondary N) is 1. The van der Waals surface area contributed by atoms with Gasteiger partial charge in [0.15, 0.2) is 17.3 Å². The number of phenols is 1. The second-order valence-electron chi connectivity index (χ2n) is 6.77. The van der Waals surface area contributed by atoms with Gasteiger partial charge in [-0.15, -0.1) is 16.7 Å². The quantitative estimate of drug-likeness (QED) is 0.427. The standard InChI is InChI=1S/C21H18ClF2N5O2/c1-11-19(15-7-13(23)4-6-16(15)24)27-20(21-26-18(9-22)28-29(11)21)25-10-12-3-5-14(30)8-17(12)31-2/h3-8,30H,9-10H2,1-2H3,(H,25,27). The molecule has 4 rings (SSSR count). The lowest BCUT2D eigenvalue weighted by Gasteiger charge is -2.14. The number of phenolic OH excluding ortho intramolecular Hbond substituents is 1. The van der Waals surface area contributed by atoms with Crippen LogP contribution in [0.15, 0.2) is 36.4 Å². The third-order valence-electron chi connectivity index (χ3n) is 4.77.